The number of nitrogens with zero attached hydrogens (tertiary/aromatic N) is 4. The highest BCUT2D eigenvalue weighted by molar-refractivity contribution is 9.10. The van der Waals surface area contributed by atoms with Crippen molar-refractivity contribution in [3.8, 4) is 0 Å². The summed E-state index contributed by atoms with van der Waals surface area (Å²) in [5.41, 5.74) is 2.99. The standard InChI is InChI=1S/C15H16BrN5.C2HF3O2/c1-3-13-19-10(2)6-14(20-13)17-8-12-9-18-15-7-11(16)4-5-21(12)15;3-2(4,5)1(6)7/h4-7,9H,3,8H2,1-2H3,(H,17,19,20);(H,6,7). The van der Waals surface area contributed by atoms with E-state index in [1.54, 1.807) is 0 Å². The molecule has 0 aliphatic rings. The lowest BCUT2D eigenvalue weighted by molar-refractivity contribution is -0.192. The molecule has 3 aromatic heterocycles. The summed E-state index contributed by atoms with van der Waals surface area (Å²) in [7, 11) is 0. The fraction of sp³-hybridized carbons (Fsp3) is 0.294. The number of pyridine rings is 1. The third-order valence-corrected chi connectivity index (χ3v) is 3.96. The van der Waals surface area contributed by atoms with Crippen molar-refractivity contribution in [2.45, 2.75) is 33.0 Å². The first-order chi connectivity index (χ1) is 13.1. The zero-order chi connectivity index (χ0) is 20.9. The SMILES string of the molecule is CCc1nc(C)cc(NCc2cnc3cc(Br)ccn23)n1.O=C(O)C(F)(F)F. The Labute approximate surface area is 166 Å². The predicted molar refractivity (Wildman–Crippen MR) is 100 cm³/mol. The van der Waals surface area contributed by atoms with E-state index in [-0.39, 0.29) is 0 Å². The van der Waals surface area contributed by atoms with Crippen molar-refractivity contribution >= 4 is 33.4 Å². The zero-order valence-corrected chi connectivity index (χ0v) is 16.5. The van der Waals surface area contributed by atoms with Gasteiger partial charge in [-0.1, -0.05) is 22.9 Å². The number of carbonyl (C=O) groups is 1. The van der Waals surface area contributed by atoms with Crippen molar-refractivity contribution in [1.82, 2.24) is 19.4 Å². The number of carboxylic acid groups (broad SMARTS) is 1. The van der Waals surface area contributed by atoms with Gasteiger partial charge < -0.3 is 14.8 Å². The van der Waals surface area contributed by atoms with Crippen LogP contribution in [0.5, 0.6) is 0 Å². The second-order valence-corrected chi connectivity index (χ2v) is 6.56. The van der Waals surface area contributed by atoms with Gasteiger partial charge in [-0.05, 0) is 19.1 Å². The maximum atomic E-state index is 10.6. The van der Waals surface area contributed by atoms with Crippen LogP contribution in [0, 0.1) is 6.92 Å². The summed E-state index contributed by atoms with van der Waals surface area (Å²) in [6, 6.07) is 5.95. The van der Waals surface area contributed by atoms with Gasteiger partial charge in [0, 0.05) is 28.9 Å². The molecule has 0 aliphatic heterocycles. The van der Waals surface area contributed by atoms with Crippen molar-refractivity contribution in [3.05, 3.63) is 52.3 Å². The van der Waals surface area contributed by atoms with Gasteiger partial charge in [0.1, 0.15) is 17.3 Å². The average molecular weight is 460 g/mol. The number of carboxylic acids is 1. The molecule has 0 spiro atoms. The Morgan fingerprint density at radius 3 is 2.61 bits per heavy atom. The highest BCUT2D eigenvalue weighted by Crippen LogP contribution is 2.15. The van der Waals surface area contributed by atoms with E-state index in [0.717, 1.165) is 39.6 Å². The normalized spacial score (nSPS) is 11.1. The first-order valence-corrected chi connectivity index (χ1v) is 8.89. The van der Waals surface area contributed by atoms with Gasteiger partial charge in [-0.25, -0.2) is 19.7 Å². The highest BCUT2D eigenvalue weighted by Gasteiger charge is 2.38. The minimum Gasteiger partial charge on any atom is -0.475 e. The van der Waals surface area contributed by atoms with Crippen molar-refractivity contribution in [2.24, 2.45) is 0 Å². The lowest BCUT2D eigenvalue weighted by atomic mass is 10.3. The average Bonchev–Trinajstić information content (AvgIpc) is 3.01. The number of halogens is 4. The minimum atomic E-state index is -5.08. The third kappa shape index (κ3) is 5.91. The Morgan fingerprint density at radius 1 is 1.32 bits per heavy atom. The maximum Gasteiger partial charge on any atom is 0.490 e. The van der Waals surface area contributed by atoms with Crippen molar-refractivity contribution in [2.75, 3.05) is 5.32 Å². The molecule has 0 atom stereocenters. The summed E-state index contributed by atoms with van der Waals surface area (Å²) < 4.78 is 34.8. The van der Waals surface area contributed by atoms with Crippen LogP contribution in [0.15, 0.2) is 35.1 Å². The van der Waals surface area contributed by atoms with Crippen LogP contribution in [-0.4, -0.2) is 36.6 Å². The third-order valence-electron chi connectivity index (χ3n) is 3.46. The molecular formula is C17H17BrF3N5O2. The predicted octanol–water partition coefficient (Wildman–Crippen LogP) is 4.00. The van der Waals surface area contributed by atoms with Crippen LogP contribution in [0.3, 0.4) is 0 Å². The number of anilines is 1. The summed E-state index contributed by atoms with van der Waals surface area (Å²) in [5, 5.41) is 10.5. The van der Waals surface area contributed by atoms with E-state index < -0.39 is 12.1 Å². The molecule has 150 valence electrons. The number of aryl methyl sites for hydroxylation is 2. The van der Waals surface area contributed by atoms with E-state index in [2.05, 4.69) is 47.5 Å². The molecule has 3 rings (SSSR count). The fourth-order valence-electron chi connectivity index (χ4n) is 2.20. The van der Waals surface area contributed by atoms with Gasteiger partial charge in [-0.2, -0.15) is 13.2 Å². The van der Waals surface area contributed by atoms with Crippen molar-refractivity contribution < 1.29 is 23.1 Å². The van der Waals surface area contributed by atoms with Gasteiger partial charge in [-0.3, -0.25) is 0 Å². The lowest BCUT2D eigenvalue weighted by Gasteiger charge is -2.08. The van der Waals surface area contributed by atoms with Crippen LogP contribution in [0.1, 0.15) is 24.1 Å². The molecule has 2 N–H and O–H groups in total. The van der Waals surface area contributed by atoms with E-state index in [9.17, 15) is 13.2 Å². The Kier molecular flexibility index (Phi) is 6.95. The van der Waals surface area contributed by atoms with Crippen molar-refractivity contribution in [3.63, 3.8) is 0 Å². The van der Waals surface area contributed by atoms with E-state index >= 15 is 0 Å². The fourth-order valence-corrected chi connectivity index (χ4v) is 2.52. The monoisotopic (exact) mass is 459 g/mol. The number of rotatable bonds is 4. The van der Waals surface area contributed by atoms with Gasteiger partial charge >= 0.3 is 12.1 Å². The molecule has 11 heteroatoms. The number of aromatic nitrogens is 4. The molecule has 0 saturated heterocycles. The summed E-state index contributed by atoms with van der Waals surface area (Å²) in [6.45, 7) is 4.71. The Morgan fingerprint density at radius 2 is 2.00 bits per heavy atom. The number of fused-ring (bicyclic) bond motifs is 1. The first kappa shape index (κ1) is 21.6. The molecule has 3 heterocycles. The van der Waals surface area contributed by atoms with E-state index in [1.807, 2.05) is 37.5 Å². The summed E-state index contributed by atoms with van der Waals surface area (Å²) in [6.07, 6.45) is -0.365. The largest absolute Gasteiger partial charge is 0.490 e. The van der Waals surface area contributed by atoms with Gasteiger partial charge in [0.15, 0.2) is 0 Å². The molecular weight excluding hydrogens is 443 g/mol. The van der Waals surface area contributed by atoms with Crippen LogP contribution in [0.2, 0.25) is 0 Å². The Bertz CT molecular complexity index is 975. The lowest BCUT2D eigenvalue weighted by Crippen LogP contribution is -2.21. The number of aliphatic carboxylic acids is 1. The molecule has 0 aliphatic carbocycles. The molecule has 0 radical (unpaired) electrons. The summed E-state index contributed by atoms with van der Waals surface area (Å²) >= 11 is 3.46. The van der Waals surface area contributed by atoms with E-state index in [4.69, 9.17) is 9.90 Å². The van der Waals surface area contributed by atoms with Gasteiger partial charge in [-0.15, -0.1) is 0 Å². The second kappa shape index (κ2) is 9.00. The highest BCUT2D eigenvalue weighted by atomic mass is 79.9. The Hall–Kier alpha value is -2.69. The smallest absolute Gasteiger partial charge is 0.475 e. The van der Waals surface area contributed by atoms with Crippen molar-refractivity contribution in [1.29, 1.82) is 0 Å². The van der Waals surface area contributed by atoms with Gasteiger partial charge in [0.05, 0.1) is 18.4 Å². The number of hydrogen-bond donors (Lipinski definition) is 2. The molecule has 0 fully saturated rings. The molecule has 0 saturated carbocycles. The van der Waals surface area contributed by atoms with E-state index in [1.165, 1.54) is 0 Å². The maximum absolute atomic E-state index is 10.6. The minimum absolute atomic E-state index is 0.669. The molecule has 0 unspecified atom stereocenters. The summed E-state index contributed by atoms with van der Waals surface area (Å²) in [5.74, 6) is -1.04. The van der Waals surface area contributed by atoms with Crippen LogP contribution in [0.25, 0.3) is 5.65 Å². The number of hydrogen-bond acceptors (Lipinski definition) is 5. The van der Waals surface area contributed by atoms with E-state index in [0.29, 0.717) is 6.54 Å². The molecule has 3 aromatic rings. The molecule has 0 aromatic carbocycles. The van der Waals surface area contributed by atoms with Crippen LogP contribution >= 0.6 is 15.9 Å². The molecule has 0 bridgehead atoms. The zero-order valence-electron chi connectivity index (χ0n) is 15.0. The number of nitrogens with one attached hydrogen (secondary N) is 1. The Balaban J connectivity index is 0.000000345. The van der Waals surface area contributed by atoms with Crippen LogP contribution in [0.4, 0.5) is 19.0 Å². The van der Waals surface area contributed by atoms with Crippen LogP contribution < -0.4 is 5.32 Å². The quantitative estimate of drug-likeness (QED) is 0.612. The molecule has 0 amide bonds. The van der Waals surface area contributed by atoms with Gasteiger partial charge in [0.25, 0.3) is 0 Å². The number of imidazole rings is 1. The van der Waals surface area contributed by atoms with Crippen LogP contribution in [-0.2, 0) is 17.8 Å². The topological polar surface area (TPSA) is 92.4 Å². The summed E-state index contributed by atoms with van der Waals surface area (Å²) in [4.78, 5) is 22.2. The second-order valence-electron chi connectivity index (χ2n) is 5.64. The molecule has 28 heavy (non-hydrogen) atoms. The number of alkyl halides is 3. The van der Waals surface area contributed by atoms with Gasteiger partial charge in [0.2, 0.25) is 0 Å². The first-order valence-electron chi connectivity index (χ1n) is 8.10. The molecule has 7 nitrogen and oxygen atoms in total.